The van der Waals surface area contributed by atoms with Crippen LogP contribution >= 0.6 is 0 Å². The Morgan fingerprint density at radius 3 is 2.39 bits per heavy atom. The molecule has 150 valence electrons. The molecular weight excluding hydrogens is 360 g/mol. The fourth-order valence-electron chi connectivity index (χ4n) is 3.39. The highest BCUT2D eigenvalue weighted by Gasteiger charge is 2.23. The van der Waals surface area contributed by atoms with Gasteiger partial charge in [-0.2, -0.15) is 10.1 Å². The summed E-state index contributed by atoms with van der Waals surface area (Å²) in [6, 6.07) is 2.03. The summed E-state index contributed by atoms with van der Waals surface area (Å²) in [5.74, 6) is 0.259. The summed E-state index contributed by atoms with van der Waals surface area (Å²) in [6.07, 6.45) is 2.32. The maximum Gasteiger partial charge on any atom is 0.332 e. The van der Waals surface area contributed by atoms with E-state index in [4.69, 9.17) is 0 Å². The van der Waals surface area contributed by atoms with Gasteiger partial charge in [-0.05, 0) is 32.3 Å². The Kier molecular flexibility index (Phi) is 5.35. The lowest BCUT2D eigenvalue weighted by molar-refractivity contribution is -0.117. The summed E-state index contributed by atoms with van der Waals surface area (Å²) in [6.45, 7) is 7.72. The van der Waals surface area contributed by atoms with Crippen LogP contribution in [-0.2, 0) is 37.8 Å². The number of imidazole rings is 1. The van der Waals surface area contributed by atoms with E-state index >= 15 is 0 Å². The quantitative estimate of drug-likeness (QED) is 0.608. The number of carbonyl (C=O) groups excluding carboxylic acids is 1. The van der Waals surface area contributed by atoms with E-state index in [1.807, 2.05) is 26.8 Å². The van der Waals surface area contributed by atoms with Crippen molar-refractivity contribution in [1.29, 1.82) is 0 Å². The number of fused-ring (bicyclic) bond motifs is 1. The first-order chi connectivity index (χ1) is 13.3. The third kappa shape index (κ3) is 3.10. The first-order valence-corrected chi connectivity index (χ1v) is 9.61. The van der Waals surface area contributed by atoms with Gasteiger partial charge in [0.2, 0.25) is 5.95 Å². The van der Waals surface area contributed by atoms with E-state index in [0.29, 0.717) is 23.7 Å². The molecule has 0 aliphatic carbocycles. The molecule has 0 unspecified atom stereocenters. The van der Waals surface area contributed by atoms with E-state index in [9.17, 15) is 14.4 Å². The molecule has 0 spiro atoms. The molecule has 28 heavy (non-hydrogen) atoms. The lowest BCUT2D eigenvalue weighted by Gasteiger charge is -2.10. The second-order valence-electron chi connectivity index (χ2n) is 6.92. The summed E-state index contributed by atoms with van der Waals surface area (Å²) >= 11 is 0. The maximum atomic E-state index is 13.1. The van der Waals surface area contributed by atoms with Gasteiger partial charge in [-0.1, -0.05) is 20.8 Å². The zero-order chi connectivity index (χ0) is 20.6. The number of rotatable bonds is 7. The van der Waals surface area contributed by atoms with Crippen molar-refractivity contribution in [3.8, 4) is 5.95 Å². The van der Waals surface area contributed by atoms with Crippen molar-refractivity contribution in [2.45, 2.75) is 60.0 Å². The molecule has 9 heteroatoms. The Morgan fingerprint density at radius 2 is 1.82 bits per heavy atom. The number of aromatic nitrogens is 6. The summed E-state index contributed by atoms with van der Waals surface area (Å²) < 4.78 is 5.86. The van der Waals surface area contributed by atoms with Crippen LogP contribution in [0.2, 0.25) is 0 Å². The molecule has 0 amide bonds. The summed E-state index contributed by atoms with van der Waals surface area (Å²) in [4.78, 5) is 41.9. The van der Waals surface area contributed by atoms with Crippen LogP contribution in [0.3, 0.4) is 0 Å². The van der Waals surface area contributed by atoms with Gasteiger partial charge in [0.25, 0.3) is 5.56 Å². The van der Waals surface area contributed by atoms with Gasteiger partial charge in [0.1, 0.15) is 5.78 Å². The lowest BCUT2D eigenvalue weighted by Crippen LogP contribution is -2.41. The van der Waals surface area contributed by atoms with Crippen LogP contribution in [0.1, 0.15) is 45.5 Å². The van der Waals surface area contributed by atoms with Gasteiger partial charge < -0.3 is 4.57 Å². The Labute approximate surface area is 162 Å². The molecule has 3 rings (SSSR count). The van der Waals surface area contributed by atoms with Crippen LogP contribution in [-0.4, -0.2) is 34.2 Å². The van der Waals surface area contributed by atoms with Crippen molar-refractivity contribution in [1.82, 2.24) is 28.5 Å². The minimum Gasteiger partial charge on any atom is -0.302 e. The normalized spacial score (nSPS) is 11.5. The molecule has 0 aromatic carbocycles. The molecule has 9 nitrogen and oxygen atoms in total. The standard InChI is InChI=1S/C19H26N6O3/c1-6-9-23-15-16(22(5)19(28)24(17(15)27)11-12(4)26)20-18(23)25-14(8-3)10-13(7-2)21-25/h10H,6-9,11H2,1-5H3. The molecule has 3 aromatic rings. The number of carbonyl (C=O) groups is 1. The second kappa shape index (κ2) is 7.57. The molecule has 0 bridgehead atoms. The van der Waals surface area contributed by atoms with Gasteiger partial charge in [-0.15, -0.1) is 0 Å². The fraction of sp³-hybridized carbons (Fsp3) is 0.526. The Balaban J connectivity index is 2.42. The molecule has 0 fully saturated rings. The minimum absolute atomic E-state index is 0.254. The smallest absolute Gasteiger partial charge is 0.302 e. The molecule has 0 aliphatic rings. The minimum atomic E-state index is -0.550. The summed E-state index contributed by atoms with van der Waals surface area (Å²) in [7, 11) is 1.56. The number of nitrogens with zero attached hydrogens (tertiary/aromatic N) is 6. The van der Waals surface area contributed by atoms with Crippen LogP contribution in [0.5, 0.6) is 0 Å². The number of hydrogen-bond donors (Lipinski definition) is 0. The highest BCUT2D eigenvalue weighted by atomic mass is 16.2. The Morgan fingerprint density at radius 1 is 1.11 bits per heavy atom. The van der Waals surface area contributed by atoms with Gasteiger partial charge in [-0.3, -0.25) is 18.7 Å². The first-order valence-electron chi connectivity index (χ1n) is 9.61. The largest absolute Gasteiger partial charge is 0.332 e. The van der Waals surface area contributed by atoms with Gasteiger partial charge in [0.15, 0.2) is 11.2 Å². The van der Waals surface area contributed by atoms with Crippen molar-refractivity contribution in [3.05, 3.63) is 38.3 Å². The Hall–Kier alpha value is -2.97. The van der Waals surface area contributed by atoms with Crippen LogP contribution in [0.25, 0.3) is 17.1 Å². The van der Waals surface area contributed by atoms with Crippen molar-refractivity contribution in [3.63, 3.8) is 0 Å². The number of ketones is 1. The van der Waals surface area contributed by atoms with Crippen LogP contribution in [0, 0.1) is 0 Å². The van der Waals surface area contributed by atoms with Gasteiger partial charge in [-0.25, -0.2) is 9.48 Å². The number of Topliss-reactive ketones (excluding diaryl/α,β-unsaturated/α-hetero) is 1. The van der Waals surface area contributed by atoms with E-state index in [2.05, 4.69) is 10.1 Å². The number of hydrogen-bond acceptors (Lipinski definition) is 5. The van der Waals surface area contributed by atoms with Crippen LogP contribution in [0.15, 0.2) is 15.7 Å². The van der Waals surface area contributed by atoms with Crippen LogP contribution in [0.4, 0.5) is 0 Å². The molecule has 0 saturated heterocycles. The third-order valence-electron chi connectivity index (χ3n) is 4.79. The molecule has 0 radical (unpaired) electrons. The van der Waals surface area contributed by atoms with E-state index in [1.165, 1.54) is 11.5 Å². The first kappa shape index (κ1) is 19.8. The van der Waals surface area contributed by atoms with E-state index in [1.54, 1.807) is 16.3 Å². The topological polar surface area (TPSA) is 96.7 Å². The van der Waals surface area contributed by atoms with Crippen molar-refractivity contribution in [2.24, 2.45) is 7.05 Å². The van der Waals surface area contributed by atoms with E-state index in [-0.39, 0.29) is 12.3 Å². The average Bonchev–Trinajstić information content (AvgIpc) is 3.25. The molecule has 3 aromatic heterocycles. The highest BCUT2D eigenvalue weighted by Crippen LogP contribution is 2.19. The van der Waals surface area contributed by atoms with Crippen LogP contribution < -0.4 is 11.2 Å². The summed E-state index contributed by atoms with van der Waals surface area (Å²) in [5.41, 5.74) is 1.49. The van der Waals surface area contributed by atoms with Gasteiger partial charge in [0.05, 0.1) is 12.2 Å². The van der Waals surface area contributed by atoms with E-state index < -0.39 is 11.2 Å². The average molecular weight is 386 g/mol. The van der Waals surface area contributed by atoms with Gasteiger partial charge in [0, 0.05) is 19.3 Å². The fourth-order valence-corrected chi connectivity index (χ4v) is 3.39. The predicted octanol–water partition coefficient (Wildman–Crippen LogP) is 1.21. The zero-order valence-corrected chi connectivity index (χ0v) is 17.0. The predicted molar refractivity (Wildman–Crippen MR) is 106 cm³/mol. The molecule has 3 heterocycles. The molecular formula is C19H26N6O3. The van der Waals surface area contributed by atoms with Crippen molar-refractivity contribution in [2.75, 3.05) is 0 Å². The van der Waals surface area contributed by atoms with E-state index in [0.717, 1.165) is 35.2 Å². The zero-order valence-electron chi connectivity index (χ0n) is 17.0. The number of aryl methyl sites for hydroxylation is 4. The second-order valence-corrected chi connectivity index (χ2v) is 6.92. The maximum absolute atomic E-state index is 13.1. The van der Waals surface area contributed by atoms with Crippen molar-refractivity contribution >= 4 is 16.9 Å². The van der Waals surface area contributed by atoms with Gasteiger partial charge >= 0.3 is 5.69 Å². The lowest BCUT2D eigenvalue weighted by atomic mass is 10.3. The molecule has 0 N–H and O–H groups in total. The van der Waals surface area contributed by atoms with Crippen molar-refractivity contribution < 1.29 is 4.79 Å². The molecule has 0 atom stereocenters. The Bertz CT molecular complexity index is 1160. The molecule has 0 saturated carbocycles. The molecule has 0 aliphatic heterocycles. The summed E-state index contributed by atoms with van der Waals surface area (Å²) in [5, 5.41) is 4.64. The SMILES string of the molecule is CCCn1c(-n2nc(CC)cc2CC)nc2c1c(=O)n(CC(C)=O)c(=O)n2C. The third-order valence-corrected chi connectivity index (χ3v) is 4.79. The monoisotopic (exact) mass is 386 g/mol. The highest BCUT2D eigenvalue weighted by molar-refractivity contribution is 5.76.